The van der Waals surface area contributed by atoms with Crippen LogP contribution in [0.25, 0.3) is 0 Å². The van der Waals surface area contributed by atoms with Crippen molar-refractivity contribution in [2.24, 2.45) is 0 Å². The third-order valence-electron chi connectivity index (χ3n) is 4.21. The van der Waals surface area contributed by atoms with Crippen LogP contribution in [0.4, 0.5) is 0 Å². The summed E-state index contributed by atoms with van der Waals surface area (Å²) in [6, 6.07) is 7.88. The molecule has 0 radical (unpaired) electrons. The lowest BCUT2D eigenvalue weighted by Crippen LogP contribution is -2.11. The van der Waals surface area contributed by atoms with Crippen molar-refractivity contribution in [3.05, 3.63) is 69.6 Å². The number of hydrogen-bond acceptors (Lipinski definition) is 7. The van der Waals surface area contributed by atoms with Gasteiger partial charge in [0.05, 0.1) is 18.7 Å². The van der Waals surface area contributed by atoms with Gasteiger partial charge in [-0.3, -0.25) is 0 Å². The molecule has 176 valence electrons. The van der Waals surface area contributed by atoms with E-state index in [0.717, 1.165) is 42.0 Å². The molecule has 2 aromatic rings. The molecule has 0 spiro atoms. The van der Waals surface area contributed by atoms with E-state index in [-0.39, 0.29) is 26.4 Å². The van der Waals surface area contributed by atoms with Gasteiger partial charge in [-0.2, -0.15) is 0 Å². The fourth-order valence-corrected chi connectivity index (χ4v) is 4.71. The topological polar surface area (TPSA) is 71.1 Å². The highest BCUT2D eigenvalue weighted by Crippen LogP contribution is 2.46. The normalized spacial score (nSPS) is 10.3. The van der Waals surface area contributed by atoms with Crippen LogP contribution in [0.1, 0.15) is 11.1 Å². The van der Waals surface area contributed by atoms with Crippen LogP contribution in [-0.4, -0.2) is 38.4 Å². The quantitative estimate of drug-likeness (QED) is 0.163. The predicted octanol–water partition coefficient (Wildman–Crippen LogP) is 6.20. The first-order valence-electron chi connectivity index (χ1n) is 9.88. The molecule has 0 heterocycles. The van der Waals surface area contributed by atoms with E-state index >= 15 is 0 Å². The molecule has 0 aliphatic carbocycles. The zero-order valence-electron chi connectivity index (χ0n) is 18.3. The first-order valence-corrected chi connectivity index (χ1v) is 12.3. The smallest absolute Gasteiger partial charge is 0.330 e. The number of carbonyl (C=O) groups is 2. The molecule has 0 aliphatic rings. The van der Waals surface area contributed by atoms with Gasteiger partial charge in [0, 0.05) is 12.2 Å². The SMILES string of the molecule is C=CC(=O)OCCOc1c(Sc2ccc(C)c(Br)c2OCCOC(=O)C=C)ccc(C)c1Br. The van der Waals surface area contributed by atoms with Crippen molar-refractivity contribution in [1.29, 1.82) is 0 Å². The first-order chi connectivity index (χ1) is 15.8. The largest absolute Gasteiger partial charge is 0.488 e. The number of hydrogen-bond donors (Lipinski definition) is 0. The first kappa shape index (κ1) is 27.0. The summed E-state index contributed by atoms with van der Waals surface area (Å²) in [5, 5.41) is 0. The molecule has 0 N–H and O–H groups in total. The minimum atomic E-state index is -0.499. The van der Waals surface area contributed by atoms with Crippen LogP contribution in [0, 0.1) is 13.8 Å². The van der Waals surface area contributed by atoms with Crippen molar-refractivity contribution in [3.8, 4) is 11.5 Å². The van der Waals surface area contributed by atoms with Gasteiger partial charge in [0.25, 0.3) is 0 Å². The minimum absolute atomic E-state index is 0.100. The van der Waals surface area contributed by atoms with Gasteiger partial charge in [-0.05, 0) is 69.0 Å². The van der Waals surface area contributed by atoms with Crippen molar-refractivity contribution in [3.63, 3.8) is 0 Å². The standard InChI is InChI=1S/C24H24Br2O6S/c1-5-19(27)29-11-13-31-23-17(9-7-15(3)21(23)25)33-18-10-8-16(4)22(26)24(18)32-14-12-30-20(28)6-2/h5-10H,1-2,11-14H2,3-4H3. The Bertz CT molecular complexity index is 957. The molecular weight excluding hydrogens is 576 g/mol. The number of rotatable bonds is 12. The number of benzene rings is 2. The molecule has 6 nitrogen and oxygen atoms in total. The Morgan fingerprint density at radius 3 is 1.55 bits per heavy atom. The van der Waals surface area contributed by atoms with Crippen LogP contribution in [0.2, 0.25) is 0 Å². The molecule has 0 saturated carbocycles. The molecule has 0 unspecified atom stereocenters. The second-order valence-electron chi connectivity index (χ2n) is 6.59. The van der Waals surface area contributed by atoms with Gasteiger partial charge in [0.2, 0.25) is 0 Å². The van der Waals surface area contributed by atoms with Gasteiger partial charge in [0.15, 0.2) is 0 Å². The van der Waals surface area contributed by atoms with Gasteiger partial charge in [0.1, 0.15) is 37.9 Å². The summed E-state index contributed by atoms with van der Waals surface area (Å²) < 4.78 is 23.5. The van der Waals surface area contributed by atoms with Crippen LogP contribution in [0.5, 0.6) is 11.5 Å². The average Bonchev–Trinajstić information content (AvgIpc) is 2.81. The van der Waals surface area contributed by atoms with Crippen LogP contribution in [0.3, 0.4) is 0 Å². The Hall–Kier alpha value is -2.23. The van der Waals surface area contributed by atoms with E-state index in [4.69, 9.17) is 18.9 Å². The van der Waals surface area contributed by atoms with Gasteiger partial charge in [-0.25, -0.2) is 9.59 Å². The Labute approximate surface area is 214 Å². The van der Waals surface area contributed by atoms with Crippen molar-refractivity contribution >= 4 is 55.6 Å². The Balaban J connectivity index is 2.23. The van der Waals surface area contributed by atoms with Gasteiger partial charge in [-0.1, -0.05) is 37.1 Å². The molecule has 0 aliphatic heterocycles. The molecule has 0 amide bonds. The second-order valence-corrected chi connectivity index (χ2v) is 9.26. The number of ether oxygens (including phenoxy) is 4. The third-order valence-corrected chi connectivity index (χ3v) is 7.26. The van der Waals surface area contributed by atoms with E-state index in [2.05, 4.69) is 45.0 Å². The molecule has 0 bridgehead atoms. The Kier molecular flexibility index (Phi) is 11.0. The highest BCUT2D eigenvalue weighted by molar-refractivity contribution is 9.11. The highest BCUT2D eigenvalue weighted by Gasteiger charge is 2.17. The van der Waals surface area contributed by atoms with Crippen LogP contribution < -0.4 is 9.47 Å². The maximum atomic E-state index is 11.3. The molecular formula is C24H24Br2O6S. The summed E-state index contributed by atoms with van der Waals surface area (Å²) in [5.74, 6) is 0.276. The number of halogens is 2. The molecule has 9 heteroatoms. The maximum Gasteiger partial charge on any atom is 0.330 e. The highest BCUT2D eigenvalue weighted by atomic mass is 79.9. The van der Waals surface area contributed by atoms with Crippen LogP contribution >= 0.6 is 43.6 Å². The molecule has 2 aromatic carbocycles. The summed E-state index contributed by atoms with van der Waals surface area (Å²) in [5.41, 5.74) is 2.01. The van der Waals surface area contributed by atoms with Crippen molar-refractivity contribution in [1.82, 2.24) is 0 Å². The molecule has 0 atom stereocenters. The summed E-state index contributed by atoms with van der Waals surface area (Å²) in [6.07, 6.45) is 2.22. The van der Waals surface area contributed by atoms with E-state index in [0.29, 0.717) is 11.5 Å². The van der Waals surface area contributed by atoms with Crippen molar-refractivity contribution < 1.29 is 28.5 Å². The van der Waals surface area contributed by atoms with Gasteiger partial charge in [-0.15, -0.1) is 0 Å². The summed E-state index contributed by atoms with van der Waals surface area (Å²) >= 11 is 8.66. The van der Waals surface area contributed by atoms with Gasteiger partial charge < -0.3 is 18.9 Å². The van der Waals surface area contributed by atoms with Gasteiger partial charge >= 0.3 is 11.9 Å². The third kappa shape index (κ3) is 7.94. The van der Waals surface area contributed by atoms with E-state index < -0.39 is 11.9 Å². The van der Waals surface area contributed by atoms with Crippen molar-refractivity contribution in [2.45, 2.75) is 23.6 Å². The lowest BCUT2D eigenvalue weighted by atomic mass is 10.2. The predicted molar refractivity (Wildman–Crippen MR) is 135 cm³/mol. The summed E-state index contributed by atoms with van der Waals surface area (Å²) in [4.78, 5) is 24.2. The number of esters is 2. The molecule has 2 rings (SSSR count). The van der Waals surface area contributed by atoms with Crippen molar-refractivity contribution in [2.75, 3.05) is 26.4 Å². The zero-order valence-corrected chi connectivity index (χ0v) is 22.3. The zero-order chi connectivity index (χ0) is 24.4. The lowest BCUT2D eigenvalue weighted by molar-refractivity contribution is -0.139. The van der Waals surface area contributed by atoms with E-state index in [1.807, 2.05) is 38.1 Å². The maximum absolute atomic E-state index is 11.3. The molecule has 0 saturated heterocycles. The van der Waals surface area contributed by atoms with E-state index in [1.54, 1.807) is 0 Å². The molecule has 33 heavy (non-hydrogen) atoms. The van der Waals surface area contributed by atoms with E-state index in [1.165, 1.54) is 11.8 Å². The average molecular weight is 600 g/mol. The minimum Gasteiger partial charge on any atom is -0.488 e. The molecule has 0 aromatic heterocycles. The fraction of sp³-hybridized carbons (Fsp3) is 0.250. The monoisotopic (exact) mass is 598 g/mol. The number of aryl methyl sites for hydroxylation is 2. The molecule has 0 fully saturated rings. The van der Waals surface area contributed by atoms with Crippen LogP contribution in [0.15, 0.2) is 68.3 Å². The Morgan fingerprint density at radius 2 is 1.18 bits per heavy atom. The lowest BCUT2D eigenvalue weighted by Gasteiger charge is -2.18. The fourth-order valence-electron chi connectivity index (χ4n) is 2.51. The second kappa shape index (κ2) is 13.5. The Morgan fingerprint density at radius 1 is 0.788 bits per heavy atom. The number of carbonyl (C=O) groups excluding carboxylic acids is 2. The summed E-state index contributed by atoms with van der Waals surface area (Å²) in [7, 11) is 0. The summed E-state index contributed by atoms with van der Waals surface area (Å²) in [6.45, 7) is 11.2. The van der Waals surface area contributed by atoms with Crippen LogP contribution in [-0.2, 0) is 19.1 Å². The van der Waals surface area contributed by atoms with E-state index in [9.17, 15) is 9.59 Å².